The summed E-state index contributed by atoms with van der Waals surface area (Å²) in [5, 5.41) is 9.85. The Labute approximate surface area is 183 Å². The number of piperazine rings is 1. The second-order valence-corrected chi connectivity index (χ2v) is 7.95. The van der Waals surface area contributed by atoms with Gasteiger partial charge in [-0.05, 0) is 60.7 Å². The Balaban J connectivity index is 1.38. The van der Waals surface area contributed by atoms with E-state index in [4.69, 9.17) is 5.26 Å². The molecule has 0 bridgehead atoms. The van der Waals surface area contributed by atoms with Gasteiger partial charge in [-0.1, -0.05) is 0 Å². The Morgan fingerprint density at radius 1 is 1.09 bits per heavy atom. The number of anilines is 1. The Morgan fingerprint density at radius 2 is 1.84 bits per heavy atom. The van der Waals surface area contributed by atoms with E-state index in [-0.39, 0.29) is 23.5 Å². The van der Waals surface area contributed by atoms with Gasteiger partial charge in [0, 0.05) is 38.3 Å². The first-order chi connectivity index (χ1) is 15.4. The summed E-state index contributed by atoms with van der Waals surface area (Å²) in [6.45, 7) is 3.66. The van der Waals surface area contributed by atoms with E-state index >= 15 is 0 Å². The van der Waals surface area contributed by atoms with Crippen molar-refractivity contribution in [1.82, 2.24) is 9.88 Å². The number of nitrogens with zero attached hydrogens (tertiary/aromatic N) is 3. The first kappa shape index (κ1) is 21.5. The molecule has 0 aliphatic carbocycles. The number of fused-ring (bicyclic) bond motifs is 1. The van der Waals surface area contributed by atoms with Gasteiger partial charge in [0.15, 0.2) is 0 Å². The number of halogens is 2. The van der Waals surface area contributed by atoms with Crippen LogP contribution in [0.1, 0.15) is 23.2 Å². The number of rotatable bonds is 4. The predicted molar refractivity (Wildman–Crippen MR) is 117 cm³/mol. The van der Waals surface area contributed by atoms with E-state index in [1.165, 1.54) is 18.2 Å². The maximum Gasteiger partial charge on any atom is 0.256 e. The highest BCUT2D eigenvalue weighted by Gasteiger charge is 2.23. The van der Waals surface area contributed by atoms with Crippen molar-refractivity contribution in [3.8, 4) is 6.07 Å². The number of aryl methyl sites for hydroxylation is 2. The summed E-state index contributed by atoms with van der Waals surface area (Å²) in [5.74, 6) is -0.940. The molecule has 1 aliphatic rings. The predicted octanol–water partition coefficient (Wildman–Crippen LogP) is 3.27. The average molecular weight is 436 g/mol. The van der Waals surface area contributed by atoms with Crippen molar-refractivity contribution < 1.29 is 13.6 Å². The third kappa shape index (κ3) is 4.33. The summed E-state index contributed by atoms with van der Waals surface area (Å²) in [6.07, 6.45) is 0.595. The van der Waals surface area contributed by atoms with Gasteiger partial charge in [-0.2, -0.15) is 5.26 Å². The number of pyridine rings is 1. The smallest absolute Gasteiger partial charge is 0.256 e. The number of aromatic nitrogens is 1. The van der Waals surface area contributed by atoms with Crippen molar-refractivity contribution in [2.75, 3.05) is 31.1 Å². The van der Waals surface area contributed by atoms with Gasteiger partial charge >= 0.3 is 0 Å². The molecule has 8 heteroatoms. The molecule has 0 atom stereocenters. The van der Waals surface area contributed by atoms with Crippen LogP contribution in [0.25, 0.3) is 10.8 Å². The molecule has 1 aromatic heterocycles. The van der Waals surface area contributed by atoms with E-state index < -0.39 is 11.6 Å². The lowest BCUT2D eigenvalue weighted by molar-refractivity contribution is -0.131. The molecule has 6 nitrogen and oxygen atoms in total. The molecule has 1 fully saturated rings. The van der Waals surface area contributed by atoms with E-state index in [0.29, 0.717) is 60.3 Å². The Hall–Kier alpha value is -3.73. The Bertz CT molecular complexity index is 1290. The van der Waals surface area contributed by atoms with Crippen LogP contribution >= 0.6 is 0 Å². The van der Waals surface area contributed by atoms with Crippen molar-refractivity contribution >= 4 is 22.4 Å². The van der Waals surface area contributed by atoms with E-state index in [1.807, 2.05) is 11.0 Å². The highest BCUT2D eigenvalue weighted by atomic mass is 19.1. The number of amides is 1. The van der Waals surface area contributed by atoms with Crippen molar-refractivity contribution in [1.29, 1.82) is 5.26 Å². The van der Waals surface area contributed by atoms with Gasteiger partial charge in [0.1, 0.15) is 11.6 Å². The number of nitrogens with one attached hydrogen (secondary N) is 1. The summed E-state index contributed by atoms with van der Waals surface area (Å²) in [4.78, 5) is 31.3. The van der Waals surface area contributed by atoms with Crippen molar-refractivity contribution in [2.24, 2.45) is 0 Å². The van der Waals surface area contributed by atoms with Crippen LogP contribution in [-0.4, -0.2) is 42.0 Å². The molecule has 0 spiro atoms. The lowest BCUT2D eigenvalue weighted by Crippen LogP contribution is -2.49. The maximum atomic E-state index is 14.3. The van der Waals surface area contributed by atoms with Crippen molar-refractivity contribution in [2.45, 2.75) is 19.8 Å². The molecule has 1 saturated heterocycles. The number of nitriles is 1. The number of carbonyl (C=O) groups is 1. The van der Waals surface area contributed by atoms with Gasteiger partial charge < -0.3 is 14.8 Å². The minimum absolute atomic E-state index is 0.0401. The second kappa shape index (κ2) is 8.79. The summed E-state index contributed by atoms with van der Waals surface area (Å²) in [5.41, 5.74) is 1.63. The molecule has 1 amide bonds. The SMILES string of the molecule is Cc1cc(F)cc2c(=O)[nH]c(CCC(=O)N3CCN(c4ccc(C#N)cc4F)CC3)cc12. The minimum atomic E-state index is -0.455. The molecule has 32 heavy (non-hydrogen) atoms. The number of carbonyl (C=O) groups excluding carboxylic acids is 1. The zero-order valence-corrected chi connectivity index (χ0v) is 17.6. The van der Waals surface area contributed by atoms with E-state index in [2.05, 4.69) is 4.98 Å². The molecular weight excluding hydrogens is 414 g/mol. The molecule has 1 N–H and O–H groups in total. The van der Waals surface area contributed by atoms with Gasteiger partial charge in [-0.15, -0.1) is 0 Å². The highest BCUT2D eigenvalue weighted by Crippen LogP contribution is 2.22. The molecule has 2 heterocycles. The van der Waals surface area contributed by atoms with Crippen LogP contribution in [0.3, 0.4) is 0 Å². The van der Waals surface area contributed by atoms with Gasteiger partial charge in [0.25, 0.3) is 5.56 Å². The fourth-order valence-corrected chi connectivity index (χ4v) is 4.12. The van der Waals surface area contributed by atoms with Crippen LogP contribution in [-0.2, 0) is 11.2 Å². The monoisotopic (exact) mass is 436 g/mol. The molecule has 3 aromatic rings. The standard InChI is InChI=1S/C24H22F2N4O2/c1-15-10-17(25)12-20-19(15)13-18(28-24(20)32)3-5-23(31)30-8-6-29(7-9-30)22-4-2-16(14-27)11-21(22)26/h2,4,10-13H,3,5-9H2,1H3,(H,28,32). The van der Waals surface area contributed by atoms with E-state index in [0.717, 1.165) is 0 Å². The van der Waals surface area contributed by atoms with Gasteiger partial charge in [-0.3, -0.25) is 9.59 Å². The summed E-state index contributed by atoms with van der Waals surface area (Å²) in [6, 6.07) is 10.7. The number of hydrogen-bond donors (Lipinski definition) is 1. The molecule has 0 saturated carbocycles. The largest absolute Gasteiger partial charge is 0.366 e. The number of H-pyrrole nitrogens is 1. The molecule has 1 aliphatic heterocycles. The van der Waals surface area contributed by atoms with Crippen LogP contribution < -0.4 is 10.5 Å². The highest BCUT2D eigenvalue weighted by molar-refractivity contribution is 5.85. The third-order valence-electron chi connectivity index (χ3n) is 5.85. The normalized spacial score (nSPS) is 13.9. The third-order valence-corrected chi connectivity index (χ3v) is 5.85. The first-order valence-corrected chi connectivity index (χ1v) is 10.4. The van der Waals surface area contributed by atoms with E-state index in [9.17, 15) is 18.4 Å². The summed E-state index contributed by atoms with van der Waals surface area (Å²) < 4.78 is 27.8. The average Bonchev–Trinajstić information content (AvgIpc) is 2.78. The van der Waals surface area contributed by atoms with Crippen LogP contribution in [0.4, 0.5) is 14.5 Å². The Morgan fingerprint density at radius 3 is 2.53 bits per heavy atom. The molecular formula is C24H22F2N4O2. The lowest BCUT2D eigenvalue weighted by atomic mass is 10.0. The molecule has 0 radical (unpaired) electrons. The molecule has 164 valence electrons. The topological polar surface area (TPSA) is 80.2 Å². The van der Waals surface area contributed by atoms with Gasteiger partial charge in [-0.25, -0.2) is 8.78 Å². The molecule has 0 unspecified atom stereocenters. The van der Waals surface area contributed by atoms with Crippen molar-refractivity contribution in [3.63, 3.8) is 0 Å². The van der Waals surface area contributed by atoms with Crippen LogP contribution in [0.5, 0.6) is 0 Å². The Kier molecular flexibility index (Phi) is 5.91. The minimum Gasteiger partial charge on any atom is -0.366 e. The second-order valence-electron chi connectivity index (χ2n) is 7.95. The summed E-state index contributed by atoms with van der Waals surface area (Å²) in [7, 11) is 0. The van der Waals surface area contributed by atoms with Gasteiger partial charge in [0.2, 0.25) is 5.91 Å². The van der Waals surface area contributed by atoms with Crippen molar-refractivity contribution in [3.05, 3.63) is 75.2 Å². The zero-order valence-electron chi connectivity index (χ0n) is 17.6. The fraction of sp³-hybridized carbons (Fsp3) is 0.292. The number of hydrogen-bond acceptors (Lipinski definition) is 4. The van der Waals surface area contributed by atoms with Crippen LogP contribution in [0, 0.1) is 29.9 Å². The summed E-state index contributed by atoms with van der Waals surface area (Å²) >= 11 is 0. The first-order valence-electron chi connectivity index (χ1n) is 10.4. The maximum absolute atomic E-state index is 14.3. The zero-order chi connectivity index (χ0) is 22.8. The number of benzene rings is 2. The van der Waals surface area contributed by atoms with Crippen LogP contribution in [0.15, 0.2) is 41.2 Å². The van der Waals surface area contributed by atoms with E-state index in [1.54, 1.807) is 30.0 Å². The molecule has 2 aromatic carbocycles. The molecule has 4 rings (SSSR count). The van der Waals surface area contributed by atoms with Gasteiger partial charge in [0.05, 0.1) is 22.7 Å². The van der Waals surface area contributed by atoms with Crippen LogP contribution in [0.2, 0.25) is 0 Å². The number of aromatic amines is 1. The quantitative estimate of drug-likeness (QED) is 0.681. The lowest BCUT2D eigenvalue weighted by Gasteiger charge is -2.36. The fourth-order valence-electron chi connectivity index (χ4n) is 4.12.